The highest BCUT2D eigenvalue weighted by Gasteiger charge is 2.27. The molecule has 1 heterocycles. The van der Waals surface area contributed by atoms with Gasteiger partial charge in [-0.25, -0.2) is 0 Å². The average Bonchev–Trinajstić information content (AvgIpc) is 2.02. The molecule has 1 saturated heterocycles. The summed E-state index contributed by atoms with van der Waals surface area (Å²) in [6, 6.07) is 0. The molecule has 1 aliphatic rings. The van der Waals surface area contributed by atoms with Crippen molar-refractivity contribution in [2.45, 2.75) is 26.3 Å². The van der Waals surface area contributed by atoms with E-state index in [-0.39, 0.29) is 0 Å². The van der Waals surface area contributed by atoms with Crippen LogP contribution in [0.3, 0.4) is 0 Å². The Hall–Kier alpha value is -0.340. The summed E-state index contributed by atoms with van der Waals surface area (Å²) >= 11 is 0. The second-order valence-corrected chi connectivity index (χ2v) is 4.00. The average molecular weight is 168 g/mol. The first-order valence-electron chi connectivity index (χ1n) is 4.74. The molecule has 2 heteroatoms. The highest BCUT2D eigenvalue weighted by molar-refractivity contribution is 4.92. The highest BCUT2D eigenvalue weighted by atomic mass is 15.2. The number of rotatable bonds is 2. The molecule has 1 N–H and O–H groups in total. The van der Waals surface area contributed by atoms with Crippen LogP contribution in [0.5, 0.6) is 0 Å². The molecule has 0 saturated carbocycles. The van der Waals surface area contributed by atoms with Gasteiger partial charge in [-0.05, 0) is 20.8 Å². The molecule has 0 spiro atoms. The zero-order valence-corrected chi connectivity index (χ0v) is 8.43. The second kappa shape index (κ2) is 4.06. The van der Waals surface area contributed by atoms with Gasteiger partial charge in [-0.1, -0.05) is 12.2 Å². The summed E-state index contributed by atoms with van der Waals surface area (Å²) < 4.78 is 0. The molecule has 1 rings (SSSR count). The van der Waals surface area contributed by atoms with E-state index in [1.165, 1.54) is 0 Å². The van der Waals surface area contributed by atoms with E-state index in [4.69, 9.17) is 0 Å². The lowest BCUT2D eigenvalue weighted by Crippen LogP contribution is -2.57. The maximum Gasteiger partial charge on any atom is 0.0281 e. The monoisotopic (exact) mass is 168 g/mol. The third-order valence-corrected chi connectivity index (χ3v) is 2.53. The standard InChI is InChI=1S/C10H20N2/c1-4-5-7-12-8-6-11-9-10(12,2)3/h4-5,11H,6-9H2,1-3H3. The number of allylic oxidation sites excluding steroid dienone is 1. The zero-order chi connectivity index (χ0) is 9.03. The van der Waals surface area contributed by atoms with Gasteiger partial charge in [0.1, 0.15) is 0 Å². The molecule has 70 valence electrons. The normalized spacial score (nSPS) is 24.9. The number of piperazine rings is 1. The Balaban J connectivity index is 2.48. The van der Waals surface area contributed by atoms with Crippen LogP contribution >= 0.6 is 0 Å². The molecular formula is C10H20N2. The van der Waals surface area contributed by atoms with Crippen molar-refractivity contribution < 1.29 is 0 Å². The Morgan fingerprint density at radius 1 is 1.50 bits per heavy atom. The molecule has 0 aromatic rings. The van der Waals surface area contributed by atoms with Crippen molar-refractivity contribution in [3.63, 3.8) is 0 Å². The first-order chi connectivity index (χ1) is 5.67. The van der Waals surface area contributed by atoms with E-state index in [9.17, 15) is 0 Å². The van der Waals surface area contributed by atoms with Gasteiger partial charge in [-0.3, -0.25) is 4.90 Å². The van der Waals surface area contributed by atoms with Crippen LogP contribution in [-0.4, -0.2) is 36.6 Å². The van der Waals surface area contributed by atoms with Crippen LogP contribution in [-0.2, 0) is 0 Å². The third-order valence-electron chi connectivity index (χ3n) is 2.53. The molecule has 1 aliphatic heterocycles. The van der Waals surface area contributed by atoms with Gasteiger partial charge < -0.3 is 5.32 Å². The summed E-state index contributed by atoms with van der Waals surface area (Å²) in [7, 11) is 0. The lowest BCUT2D eigenvalue weighted by molar-refractivity contribution is 0.105. The van der Waals surface area contributed by atoms with Gasteiger partial charge >= 0.3 is 0 Å². The van der Waals surface area contributed by atoms with Crippen molar-refractivity contribution in [1.29, 1.82) is 0 Å². The second-order valence-electron chi connectivity index (χ2n) is 4.00. The minimum Gasteiger partial charge on any atom is -0.314 e. The van der Waals surface area contributed by atoms with Crippen molar-refractivity contribution in [2.24, 2.45) is 0 Å². The summed E-state index contributed by atoms with van der Waals surface area (Å²) in [6.45, 7) is 11.1. The van der Waals surface area contributed by atoms with Crippen LogP contribution in [0, 0.1) is 0 Å². The van der Waals surface area contributed by atoms with Gasteiger partial charge in [-0.2, -0.15) is 0 Å². The summed E-state index contributed by atoms with van der Waals surface area (Å²) in [6.07, 6.45) is 4.35. The topological polar surface area (TPSA) is 15.3 Å². The van der Waals surface area contributed by atoms with Crippen LogP contribution < -0.4 is 5.32 Å². The van der Waals surface area contributed by atoms with E-state index in [1.807, 2.05) is 0 Å². The van der Waals surface area contributed by atoms with Gasteiger partial charge in [0.15, 0.2) is 0 Å². The molecule has 0 aromatic heterocycles. The Morgan fingerprint density at radius 3 is 2.83 bits per heavy atom. The Morgan fingerprint density at radius 2 is 2.25 bits per heavy atom. The highest BCUT2D eigenvalue weighted by Crippen LogP contribution is 2.15. The molecule has 2 nitrogen and oxygen atoms in total. The Bertz CT molecular complexity index is 161. The third kappa shape index (κ3) is 2.32. The smallest absolute Gasteiger partial charge is 0.0281 e. The van der Waals surface area contributed by atoms with E-state index in [1.54, 1.807) is 0 Å². The predicted molar refractivity (Wildman–Crippen MR) is 53.3 cm³/mol. The van der Waals surface area contributed by atoms with Gasteiger partial charge in [-0.15, -0.1) is 0 Å². The molecule has 0 aromatic carbocycles. The fourth-order valence-corrected chi connectivity index (χ4v) is 1.59. The molecular weight excluding hydrogens is 148 g/mol. The minimum absolute atomic E-state index is 0.317. The van der Waals surface area contributed by atoms with Gasteiger partial charge in [0.05, 0.1) is 0 Å². The number of hydrogen-bond donors (Lipinski definition) is 1. The van der Waals surface area contributed by atoms with Crippen LogP contribution in [0.2, 0.25) is 0 Å². The van der Waals surface area contributed by atoms with E-state index < -0.39 is 0 Å². The first-order valence-corrected chi connectivity index (χ1v) is 4.74. The molecule has 1 fully saturated rings. The lowest BCUT2D eigenvalue weighted by Gasteiger charge is -2.42. The van der Waals surface area contributed by atoms with Crippen molar-refractivity contribution >= 4 is 0 Å². The predicted octanol–water partition coefficient (Wildman–Crippen LogP) is 1.25. The first kappa shape index (κ1) is 9.75. The number of nitrogens with one attached hydrogen (secondary N) is 1. The fraction of sp³-hybridized carbons (Fsp3) is 0.800. The molecule has 12 heavy (non-hydrogen) atoms. The van der Waals surface area contributed by atoms with Crippen LogP contribution in [0.15, 0.2) is 12.2 Å². The maximum absolute atomic E-state index is 3.42. The molecule has 0 unspecified atom stereocenters. The molecule has 0 bridgehead atoms. The largest absolute Gasteiger partial charge is 0.314 e. The van der Waals surface area contributed by atoms with E-state index in [0.29, 0.717) is 5.54 Å². The summed E-state index contributed by atoms with van der Waals surface area (Å²) in [4.78, 5) is 2.52. The van der Waals surface area contributed by atoms with Crippen LogP contribution in [0.1, 0.15) is 20.8 Å². The summed E-state index contributed by atoms with van der Waals surface area (Å²) in [5, 5.41) is 3.42. The van der Waals surface area contributed by atoms with Crippen molar-refractivity contribution in [3.8, 4) is 0 Å². The van der Waals surface area contributed by atoms with E-state index in [0.717, 1.165) is 26.2 Å². The number of hydrogen-bond acceptors (Lipinski definition) is 2. The lowest BCUT2D eigenvalue weighted by atomic mass is 10.0. The van der Waals surface area contributed by atoms with Crippen molar-refractivity contribution in [2.75, 3.05) is 26.2 Å². The van der Waals surface area contributed by atoms with E-state index >= 15 is 0 Å². The van der Waals surface area contributed by atoms with Crippen LogP contribution in [0.4, 0.5) is 0 Å². The Labute approximate surface area is 75.6 Å². The van der Waals surface area contributed by atoms with Crippen molar-refractivity contribution in [1.82, 2.24) is 10.2 Å². The maximum atomic E-state index is 3.42. The SMILES string of the molecule is CC=CCN1CCNCC1(C)C. The van der Waals surface area contributed by atoms with E-state index in [2.05, 4.69) is 43.1 Å². The number of nitrogens with zero attached hydrogens (tertiary/aromatic N) is 1. The fourth-order valence-electron chi connectivity index (χ4n) is 1.59. The van der Waals surface area contributed by atoms with Gasteiger partial charge in [0, 0.05) is 31.7 Å². The molecule has 0 amide bonds. The van der Waals surface area contributed by atoms with Gasteiger partial charge in [0.25, 0.3) is 0 Å². The van der Waals surface area contributed by atoms with Crippen LogP contribution in [0.25, 0.3) is 0 Å². The molecule has 0 atom stereocenters. The molecule has 0 aliphatic carbocycles. The zero-order valence-electron chi connectivity index (χ0n) is 8.43. The minimum atomic E-state index is 0.317. The van der Waals surface area contributed by atoms with Crippen molar-refractivity contribution in [3.05, 3.63) is 12.2 Å². The quantitative estimate of drug-likeness (QED) is 0.624. The Kier molecular flexibility index (Phi) is 3.29. The summed E-state index contributed by atoms with van der Waals surface area (Å²) in [5.74, 6) is 0. The summed E-state index contributed by atoms with van der Waals surface area (Å²) in [5.41, 5.74) is 0.317. The van der Waals surface area contributed by atoms with Gasteiger partial charge in [0.2, 0.25) is 0 Å². The molecule has 0 radical (unpaired) electrons.